The number of carbonyl (C=O) groups excluding carboxylic acids is 1. The van der Waals surface area contributed by atoms with Gasteiger partial charge in [0.05, 0.1) is 11.1 Å². The maximum atomic E-state index is 11.9. The molecule has 21 heavy (non-hydrogen) atoms. The van der Waals surface area contributed by atoms with Gasteiger partial charge in [-0.3, -0.25) is 14.9 Å². The third-order valence-electron chi connectivity index (χ3n) is 2.77. The first-order valence-corrected chi connectivity index (χ1v) is 6.94. The Labute approximate surface area is 125 Å². The molecule has 1 N–H and O–H groups in total. The Morgan fingerprint density at radius 1 is 1.33 bits per heavy atom. The van der Waals surface area contributed by atoms with Crippen LogP contribution in [0.3, 0.4) is 0 Å². The number of hydrogen-bond donors (Lipinski definition) is 1. The minimum absolute atomic E-state index is 0.0101. The number of nitro benzene ring substituents is 1. The molecule has 1 aromatic carbocycles. The highest BCUT2D eigenvalue weighted by atomic mass is 32.1. The van der Waals surface area contributed by atoms with Crippen LogP contribution >= 0.6 is 11.3 Å². The molecule has 0 aliphatic heterocycles. The summed E-state index contributed by atoms with van der Waals surface area (Å²) in [6, 6.07) is 8.07. The van der Waals surface area contributed by atoms with Crippen molar-refractivity contribution in [3.8, 4) is 0 Å². The van der Waals surface area contributed by atoms with Crippen molar-refractivity contribution in [3.05, 3.63) is 61.3 Å². The molecule has 1 aromatic heterocycles. The molecule has 0 saturated carbocycles. The number of hydrogen-bond acceptors (Lipinski definition) is 5. The number of hydrazone groups is 1. The standard InChI is InChI=1S/C14H13N3O3S/c1-9-7-11(4-6-13(9)17(19)20)14(18)16-15-8-12-5-3-10(2)21-12/h3-8H,1-2H3,(H,16,18)/b15-8+. The van der Waals surface area contributed by atoms with Crippen molar-refractivity contribution >= 4 is 29.1 Å². The average molecular weight is 303 g/mol. The van der Waals surface area contributed by atoms with Gasteiger partial charge in [0.1, 0.15) is 0 Å². The molecule has 0 bridgehead atoms. The van der Waals surface area contributed by atoms with Gasteiger partial charge in [0.2, 0.25) is 0 Å². The van der Waals surface area contributed by atoms with Gasteiger partial charge in [-0.05, 0) is 38.1 Å². The maximum absolute atomic E-state index is 11.9. The molecule has 6 nitrogen and oxygen atoms in total. The van der Waals surface area contributed by atoms with Crippen LogP contribution in [0.4, 0.5) is 5.69 Å². The fraction of sp³-hybridized carbons (Fsp3) is 0.143. The largest absolute Gasteiger partial charge is 0.272 e. The van der Waals surface area contributed by atoms with Crippen molar-refractivity contribution in [2.24, 2.45) is 5.10 Å². The minimum Gasteiger partial charge on any atom is -0.267 e. The van der Waals surface area contributed by atoms with E-state index in [2.05, 4.69) is 10.5 Å². The summed E-state index contributed by atoms with van der Waals surface area (Å²) >= 11 is 1.57. The Balaban J connectivity index is 2.05. The van der Waals surface area contributed by atoms with Crippen LogP contribution in [0.25, 0.3) is 0 Å². The lowest BCUT2D eigenvalue weighted by molar-refractivity contribution is -0.385. The molecule has 0 spiro atoms. The highest BCUT2D eigenvalue weighted by molar-refractivity contribution is 7.13. The van der Waals surface area contributed by atoms with Gasteiger partial charge in [-0.2, -0.15) is 5.10 Å². The van der Waals surface area contributed by atoms with E-state index in [9.17, 15) is 14.9 Å². The van der Waals surface area contributed by atoms with Crippen LogP contribution in [0.2, 0.25) is 0 Å². The van der Waals surface area contributed by atoms with Gasteiger partial charge >= 0.3 is 0 Å². The summed E-state index contributed by atoms with van der Waals surface area (Å²) in [6.07, 6.45) is 1.56. The Morgan fingerprint density at radius 3 is 2.67 bits per heavy atom. The first kappa shape index (κ1) is 14.9. The quantitative estimate of drug-likeness (QED) is 0.535. The number of thiophene rings is 1. The van der Waals surface area contributed by atoms with Crippen LogP contribution in [0.5, 0.6) is 0 Å². The summed E-state index contributed by atoms with van der Waals surface area (Å²) in [4.78, 5) is 24.2. The van der Waals surface area contributed by atoms with Gasteiger partial charge < -0.3 is 0 Å². The second-order valence-electron chi connectivity index (χ2n) is 4.41. The lowest BCUT2D eigenvalue weighted by Crippen LogP contribution is -2.17. The molecule has 0 radical (unpaired) electrons. The molecule has 2 rings (SSSR count). The highest BCUT2D eigenvalue weighted by Gasteiger charge is 2.13. The fourth-order valence-electron chi connectivity index (χ4n) is 1.74. The Hall–Kier alpha value is -2.54. The van der Waals surface area contributed by atoms with Crippen molar-refractivity contribution in [3.63, 3.8) is 0 Å². The lowest BCUT2D eigenvalue weighted by atomic mass is 10.1. The number of amides is 1. The number of nitrogens with one attached hydrogen (secondary N) is 1. The molecule has 1 heterocycles. The zero-order valence-corrected chi connectivity index (χ0v) is 12.3. The lowest BCUT2D eigenvalue weighted by Gasteiger charge is -2.01. The summed E-state index contributed by atoms with van der Waals surface area (Å²) in [7, 11) is 0. The fourth-order valence-corrected chi connectivity index (χ4v) is 2.49. The molecule has 0 aliphatic rings. The number of rotatable bonds is 4. The van der Waals surface area contributed by atoms with Crippen molar-refractivity contribution in [1.82, 2.24) is 5.43 Å². The van der Waals surface area contributed by atoms with E-state index in [-0.39, 0.29) is 5.69 Å². The van der Waals surface area contributed by atoms with Gasteiger partial charge in [0, 0.05) is 26.9 Å². The normalized spacial score (nSPS) is 10.8. The van der Waals surface area contributed by atoms with Crippen molar-refractivity contribution in [2.75, 3.05) is 0 Å². The Kier molecular flexibility index (Phi) is 4.44. The van der Waals surface area contributed by atoms with Crippen LogP contribution in [-0.4, -0.2) is 17.0 Å². The molecule has 0 unspecified atom stereocenters. The monoisotopic (exact) mass is 303 g/mol. The van der Waals surface area contributed by atoms with E-state index in [1.807, 2.05) is 19.1 Å². The number of aryl methyl sites for hydroxylation is 2. The van der Waals surface area contributed by atoms with Gasteiger partial charge in [0.15, 0.2) is 0 Å². The van der Waals surface area contributed by atoms with E-state index in [0.717, 1.165) is 9.75 Å². The minimum atomic E-state index is -0.478. The zero-order chi connectivity index (χ0) is 15.4. The molecule has 0 fully saturated rings. The van der Waals surface area contributed by atoms with E-state index in [1.165, 1.54) is 18.2 Å². The summed E-state index contributed by atoms with van der Waals surface area (Å²) < 4.78 is 0. The third-order valence-corrected chi connectivity index (χ3v) is 3.71. The zero-order valence-electron chi connectivity index (χ0n) is 11.5. The van der Waals surface area contributed by atoms with Crippen LogP contribution in [0, 0.1) is 24.0 Å². The summed E-state index contributed by atoms with van der Waals surface area (Å²) in [6.45, 7) is 3.58. The number of nitro groups is 1. The van der Waals surface area contributed by atoms with Gasteiger partial charge in [-0.25, -0.2) is 5.43 Å². The molecule has 0 saturated heterocycles. The number of nitrogens with zero attached hydrogens (tertiary/aromatic N) is 2. The first-order valence-electron chi connectivity index (χ1n) is 6.12. The SMILES string of the molecule is Cc1ccc(/C=N/NC(=O)c2ccc([N+](=O)[O-])c(C)c2)s1. The average Bonchev–Trinajstić information content (AvgIpc) is 2.83. The van der Waals surface area contributed by atoms with Crippen molar-refractivity contribution in [2.45, 2.75) is 13.8 Å². The topological polar surface area (TPSA) is 84.6 Å². The highest BCUT2D eigenvalue weighted by Crippen LogP contribution is 2.18. The molecular weight excluding hydrogens is 290 g/mol. The van der Waals surface area contributed by atoms with E-state index < -0.39 is 10.8 Å². The van der Waals surface area contributed by atoms with E-state index in [4.69, 9.17) is 0 Å². The van der Waals surface area contributed by atoms with E-state index in [1.54, 1.807) is 24.5 Å². The summed E-state index contributed by atoms with van der Waals surface area (Å²) in [5.41, 5.74) is 3.16. The van der Waals surface area contributed by atoms with Crippen molar-refractivity contribution < 1.29 is 9.72 Å². The second-order valence-corrected chi connectivity index (χ2v) is 5.73. The van der Waals surface area contributed by atoms with Crippen LogP contribution in [0.15, 0.2) is 35.4 Å². The smallest absolute Gasteiger partial charge is 0.267 e. The summed E-state index contributed by atoms with van der Waals surface area (Å²) in [5.74, 6) is -0.405. The van der Waals surface area contributed by atoms with E-state index >= 15 is 0 Å². The van der Waals surface area contributed by atoms with Crippen LogP contribution < -0.4 is 5.43 Å². The molecule has 7 heteroatoms. The predicted octanol–water partition coefficient (Wildman–Crippen LogP) is 3.04. The second kappa shape index (κ2) is 6.27. The molecular formula is C14H13N3O3S. The van der Waals surface area contributed by atoms with Gasteiger partial charge in [0.25, 0.3) is 11.6 Å². The molecule has 1 amide bonds. The molecule has 2 aromatic rings. The predicted molar refractivity (Wildman–Crippen MR) is 81.9 cm³/mol. The third kappa shape index (κ3) is 3.73. The van der Waals surface area contributed by atoms with Crippen molar-refractivity contribution in [1.29, 1.82) is 0 Å². The molecule has 0 atom stereocenters. The Bertz CT molecular complexity index is 722. The number of carbonyl (C=O) groups is 1. The first-order chi connectivity index (χ1) is 9.97. The number of benzene rings is 1. The van der Waals surface area contributed by atoms with Crippen LogP contribution in [-0.2, 0) is 0 Å². The van der Waals surface area contributed by atoms with Gasteiger partial charge in [-0.1, -0.05) is 0 Å². The van der Waals surface area contributed by atoms with Crippen LogP contribution in [0.1, 0.15) is 25.7 Å². The summed E-state index contributed by atoms with van der Waals surface area (Å²) in [5, 5.41) is 14.6. The van der Waals surface area contributed by atoms with Gasteiger partial charge in [-0.15, -0.1) is 11.3 Å². The molecule has 108 valence electrons. The maximum Gasteiger partial charge on any atom is 0.272 e. The van der Waals surface area contributed by atoms with E-state index in [0.29, 0.717) is 11.1 Å². The Morgan fingerprint density at radius 2 is 2.10 bits per heavy atom. The molecule has 0 aliphatic carbocycles.